The van der Waals surface area contributed by atoms with Crippen molar-refractivity contribution in [2.75, 3.05) is 13.7 Å². The van der Waals surface area contributed by atoms with Crippen LogP contribution in [-0.4, -0.2) is 34.7 Å². The first-order valence-corrected chi connectivity index (χ1v) is 7.58. The molecule has 2 rings (SSSR count). The molecule has 2 aromatic rings. The molecular formula is C16H16N4O6. The van der Waals surface area contributed by atoms with Gasteiger partial charge in [-0.3, -0.25) is 4.79 Å². The molecule has 10 heteroatoms. The van der Waals surface area contributed by atoms with Gasteiger partial charge in [-0.2, -0.15) is 5.26 Å². The quantitative estimate of drug-likeness (QED) is 0.431. The summed E-state index contributed by atoms with van der Waals surface area (Å²) in [6.45, 7) is 4.89. The van der Waals surface area contributed by atoms with Crippen molar-refractivity contribution >= 4 is 11.8 Å². The van der Waals surface area contributed by atoms with E-state index in [4.69, 9.17) is 14.0 Å². The van der Waals surface area contributed by atoms with Crippen molar-refractivity contribution in [3.8, 4) is 23.1 Å². The van der Waals surface area contributed by atoms with E-state index in [-0.39, 0.29) is 23.6 Å². The number of esters is 1. The number of nitrogens with zero attached hydrogens (tertiary/aromatic N) is 4. The van der Waals surface area contributed by atoms with Gasteiger partial charge < -0.3 is 24.1 Å². The first-order valence-electron chi connectivity index (χ1n) is 7.58. The van der Waals surface area contributed by atoms with Crippen LogP contribution in [0.1, 0.15) is 29.9 Å². The number of nitriles is 1. The van der Waals surface area contributed by atoms with E-state index in [1.54, 1.807) is 26.8 Å². The fourth-order valence-electron chi connectivity index (χ4n) is 2.49. The van der Waals surface area contributed by atoms with E-state index in [1.807, 2.05) is 0 Å². The lowest BCUT2D eigenvalue weighted by molar-refractivity contribution is -0.390. The number of nitro groups is 1. The molecule has 0 amide bonds. The van der Waals surface area contributed by atoms with E-state index >= 15 is 0 Å². The molecular weight excluding hydrogens is 344 g/mol. The van der Waals surface area contributed by atoms with Gasteiger partial charge in [-0.05, 0) is 36.7 Å². The second kappa shape index (κ2) is 7.60. The predicted octanol–water partition coefficient (Wildman–Crippen LogP) is 2.44. The summed E-state index contributed by atoms with van der Waals surface area (Å²) in [6.07, 6.45) is 0. The van der Waals surface area contributed by atoms with Gasteiger partial charge >= 0.3 is 11.8 Å². The van der Waals surface area contributed by atoms with Crippen molar-refractivity contribution < 1.29 is 23.7 Å². The van der Waals surface area contributed by atoms with Crippen molar-refractivity contribution in [3.63, 3.8) is 0 Å². The lowest BCUT2D eigenvalue weighted by Gasteiger charge is -2.11. The lowest BCUT2D eigenvalue weighted by atomic mass is 9.99. The molecule has 10 nitrogen and oxygen atoms in total. The fraction of sp³-hybridized carbons (Fsp3) is 0.375. The Hall–Kier alpha value is -3.48. The van der Waals surface area contributed by atoms with Crippen LogP contribution in [0.25, 0.3) is 11.3 Å². The molecule has 0 spiro atoms. The van der Waals surface area contributed by atoms with Crippen LogP contribution >= 0.6 is 0 Å². The topological polar surface area (TPSA) is 141 Å². The Kier molecular flexibility index (Phi) is 5.51. The Bertz CT molecular complexity index is 879. The Morgan fingerprint density at radius 2 is 2.19 bits per heavy atom. The van der Waals surface area contributed by atoms with Crippen LogP contribution in [0, 0.1) is 35.3 Å². The molecule has 0 fully saturated rings. The van der Waals surface area contributed by atoms with E-state index in [0.717, 1.165) is 0 Å². The minimum Gasteiger partial charge on any atom is -0.492 e. The summed E-state index contributed by atoms with van der Waals surface area (Å²) < 4.78 is 15.2. The Balaban J connectivity index is 2.75. The van der Waals surface area contributed by atoms with E-state index in [9.17, 15) is 20.2 Å². The molecule has 136 valence electrons. The predicted molar refractivity (Wildman–Crippen MR) is 87.4 cm³/mol. The highest BCUT2D eigenvalue weighted by Crippen LogP contribution is 2.38. The summed E-state index contributed by atoms with van der Waals surface area (Å²) in [6, 6.07) is 2.97. The minimum atomic E-state index is -1.50. The van der Waals surface area contributed by atoms with Crippen LogP contribution in [0.3, 0.4) is 0 Å². The maximum atomic E-state index is 12.0. The molecule has 0 radical (unpaired) electrons. The molecule has 0 aliphatic rings. The van der Waals surface area contributed by atoms with Gasteiger partial charge in [0.05, 0.1) is 36.6 Å². The average Bonchev–Trinajstić information content (AvgIpc) is 2.93. The van der Waals surface area contributed by atoms with E-state index < -0.39 is 22.6 Å². The summed E-state index contributed by atoms with van der Waals surface area (Å²) >= 11 is 0. The number of hydrogen-bond donors (Lipinski definition) is 0. The highest BCUT2D eigenvalue weighted by Gasteiger charge is 2.35. The van der Waals surface area contributed by atoms with E-state index in [1.165, 1.54) is 13.2 Å². The van der Waals surface area contributed by atoms with Crippen LogP contribution in [-0.2, 0) is 9.53 Å². The number of aryl methyl sites for hydroxylation is 2. The highest BCUT2D eigenvalue weighted by molar-refractivity contribution is 5.84. The number of ether oxygens (including phenoxy) is 2. The van der Waals surface area contributed by atoms with Crippen molar-refractivity contribution in [1.29, 1.82) is 5.26 Å². The molecule has 0 saturated heterocycles. The third-order valence-electron chi connectivity index (χ3n) is 3.62. The summed E-state index contributed by atoms with van der Waals surface area (Å²) in [7, 11) is 1.35. The number of methoxy groups -OCH3 is 1. The second-order valence-corrected chi connectivity index (χ2v) is 5.22. The first-order chi connectivity index (χ1) is 12.3. The smallest absolute Gasteiger partial charge is 0.369 e. The molecule has 0 aliphatic carbocycles. The van der Waals surface area contributed by atoms with Gasteiger partial charge in [0.15, 0.2) is 11.7 Å². The third kappa shape index (κ3) is 3.32. The molecule has 0 N–H and O–H groups in total. The fourth-order valence-corrected chi connectivity index (χ4v) is 2.49. The average molecular weight is 360 g/mol. The molecule has 1 unspecified atom stereocenters. The monoisotopic (exact) mass is 360 g/mol. The molecule has 2 aromatic heterocycles. The summed E-state index contributed by atoms with van der Waals surface area (Å²) in [5, 5.41) is 24.6. The van der Waals surface area contributed by atoms with Crippen molar-refractivity contribution in [2.24, 2.45) is 0 Å². The molecule has 2 heterocycles. The van der Waals surface area contributed by atoms with Crippen LogP contribution in [0.2, 0.25) is 0 Å². The maximum absolute atomic E-state index is 12.0. The Morgan fingerprint density at radius 1 is 1.50 bits per heavy atom. The van der Waals surface area contributed by atoms with Crippen LogP contribution in [0.4, 0.5) is 5.82 Å². The zero-order valence-electron chi connectivity index (χ0n) is 14.6. The molecule has 0 saturated carbocycles. The molecule has 26 heavy (non-hydrogen) atoms. The maximum Gasteiger partial charge on any atom is 0.369 e. The summed E-state index contributed by atoms with van der Waals surface area (Å²) in [4.78, 5) is 26.8. The van der Waals surface area contributed by atoms with Gasteiger partial charge in [-0.15, -0.1) is 0 Å². The number of aromatic nitrogens is 2. The molecule has 1 atom stereocenters. The minimum absolute atomic E-state index is 0.0343. The van der Waals surface area contributed by atoms with Crippen LogP contribution in [0.15, 0.2) is 10.6 Å². The highest BCUT2D eigenvalue weighted by atomic mass is 16.6. The summed E-state index contributed by atoms with van der Waals surface area (Å²) in [5.74, 6) is -2.50. The largest absolute Gasteiger partial charge is 0.492 e. The zero-order chi connectivity index (χ0) is 19.4. The van der Waals surface area contributed by atoms with Gasteiger partial charge in [-0.1, -0.05) is 5.16 Å². The Morgan fingerprint density at radius 3 is 2.65 bits per heavy atom. The standard InChI is InChI=1S/C16H16N4O6/c1-5-25-16(21)11(7-17)10-6-12(24-4)14(18-15(10)20(22)23)13-8(2)19-26-9(13)3/h6,11H,5H2,1-4H3. The normalized spacial score (nSPS) is 11.5. The van der Waals surface area contributed by atoms with Crippen molar-refractivity contribution in [2.45, 2.75) is 26.7 Å². The molecule has 0 bridgehead atoms. The number of pyridine rings is 1. The van der Waals surface area contributed by atoms with E-state index in [0.29, 0.717) is 17.0 Å². The number of hydrogen-bond acceptors (Lipinski definition) is 9. The third-order valence-corrected chi connectivity index (χ3v) is 3.62. The summed E-state index contributed by atoms with van der Waals surface area (Å²) in [5.41, 5.74) is 0.849. The van der Waals surface area contributed by atoms with Gasteiger partial charge in [-0.25, -0.2) is 0 Å². The zero-order valence-corrected chi connectivity index (χ0v) is 14.6. The second-order valence-electron chi connectivity index (χ2n) is 5.22. The first kappa shape index (κ1) is 18.9. The Labute approximate surface area is 148 Å². The van der Waals surface area contributed by atoms with Crippen molar-refractivity contribution in [3.05, 3.63) is 33.2 Å². The number of rotatable bonds is 6. The van der Waals surface area contributed by atoms with Crippen LogP contribution in [0.5, 0.6) is 5.75 Å². The number of carbonyl (C=O) groups excluding carboxylic acids is 1. The van der Waals surface area contributed by atoms with Crippen molar-refractivity contribution in [1.82, 2.24) is 10.1 Å². The molecule has 0 aromatic carbocycles. The van der Waals surface area contributed by atoms with Crippen LogP contribution < -0.4 is 4.74 Å². The SMILES string of the molecule is CCOC(=O)C(C#N)c1cc(OC)c(-c2c(C)noc2C)nc1[N+](=O)[O-]. The molecule has 0 aliphatic heterocycles. The number of carbonyl (C=O) groups is 1. The van der Waals surface area contributed by atoms with Gasteiger partial charge in [0.1, 0.15) is 5.76 Å². The van der Waals surface area contributed by atoms with Gasteiger partial charge in [0.2, 0.25) is 5.69 Å². The lowest BCUT2D eigenvalue weighted by Crippen LogP contribution is -2.17. The van der Waals surface area contributed by atoms with Gasteiger partial charge in [0.25, 0.3) is 0 Å². The van der Waals surface area contributed by atoms with Gasteiger partial charge in [0, 0.05) is 0 Å². The van der Waals surface area contributed by atoms with E-state index in [2.05, 4.69) is 10.1 Å².